The molecular weight excluding hydrogens is 342 g/mol. The number of nitrogens with one attached hydrogen (secondary N) is 3. The van der Waals surface area contributed by atoms with Gasteiger partial charge in [-0.3, -0.25) is 4.79 Å². The van der Waals surface area contributed by atoms with Crippen LogP contribution < -0.4 is 20.7 Å². The minimum Gasteiger partial charge on any atom is -0.491 e. The molecule has 0 radical (unpaired) electrons. The summed E-state index contributed by atoms with van der Waals surface area (Å²) >= 11 is 5.77. The average Bonchev–Trinajstić information content (AvgIpc) is 2.60. The molecule has 0 aliphatic carbocycles. The van der Waals surface area contributed by atoms with Gasteiger partial charge in [-0.05, 0) is 42.8 Å². The van der Waals surface area contributed by atoms with Crippen LogP contribution in [-0.2, 0) is 4.79 Å². The minimum absolute atomic E-state index is 0.132. The van der Waals surface area contributed by atoms with Crippen molar-refractivity contribution in [2.45, 2.75) is 6.92 Å². The van der Waals surface area contributed by atoms with Gasteiger partial charge in [0.1, 0.15) is 12.4 Å². The number of urea groups is 1. The van der Waals surface area contributed by atoms with Gasteiger partial charge in [0.05, 0.1) is 13.1 Å². The Labute approximate surface area is 151 Å². The van der Waals surface area contributed by atoms with Crippen LogP contribution in [0, 0.1) is 6.92 Å². The van der Waals surface area contributed by atoms with Crippen molar-refractivity contribution in [2.75, 3.05) is 25.0 Å². The Bertz CT molecular complexity index is 720. The third-order valence-corrected chi connectivity index (χ3v) is 3.53. The first kappa shape index (κ1) is 18.6. The standard InChI is InChI=1S/C18H20ClN3O3/c1-13-4-2-3-5-16(13)25-11-10-20-18(24)21-12-17(23)22-15-8-6-14(19)7-9-15/h2-9H,10-12H2,1H3,(H,22,23)(H2,20,21,24). The van der Waals surface area contributed by atoms with Gasteiger partial charge in [0.25, 0.3) is 0 Å². The number of anilines is 1. The molecular formula is C18H20ClN3O3. The van der Waals surface area contributed by atoms with E-state index in [1.54, 1.807) is 24.3 Å². The van der Waals surface area contributed by atoms with Crippen LogP contribution in [0.25, 0.3) is 0 Å². The summed E-state index contributed by atoms with van der Waals surface area (Å²) in [7, 11) is 0. The van der Waals surface area contributed by atoms with Gasteiger partial charge in [0.2, 0.25) is 5.91 Å². The molecule has 0 aromatic heterocycles. The van der Waals surface area contributed by atoms with Gasteiger partial charge in [0, 0.05) is 10.7 Å². The summed E-state index contributed by atoms with van der Waals surface area (Å²) in [5.74, 6) is 0.459. The molecule has 2 rings (SSSR count). The van der Waals surface area contributed by atoms with Crippen molar-refractivity contribution in [2.24, 2.45) is 0 Å². The lowest BCUT2D eigenvalue weighted by Crippen LogP contribution is -2.41. The maximum absolute atomic E-state index is 11.7. The molecule has 0 fully saturated rings. The van der Waals surface area contributed by atoms with Crippen LogP contribution in [0.1, 0.15) is 5.56 Å². The Kier molecular flexibility index (Phi) is 7.10. The van der Waals surface area contributed by atoms with Crippen LogP contribution in [0.15, 0.2) is 48.5 Å². The van der Waals surface area contributed by atoms with E-state index in [1.165, 1.54) is 0 Å². The van der Waals surface area contributed by atoms with E-state index in [4.69, 9.17) is 16.3 Å². The number of rotatable bonds is 7. The summed E-state index contributed by atoms with van der Waals surface area (Å²) in [5.41, 5.74) is 1.65. The maximum Gasteiger partial charge on any atom is 0.315 e. The lowest BCUT2D eigenvalue weighted by atomic mass is 10.2. The zero-order valence-corrected chi connectivity index (χ0v) is 14.6. The zero-order valence-electron chi connectivity index (χ0n) is 13.8. The summed E-state index contributed by atoms with van der Waals surface area (Å²) in [4.78, 5) is 23.4. The summed E-state index contributed by atoms with van der Waals surface area (Å²) < 4.78 is 5.57. The normalized spacial score (nSPS) is 10.0. The fourth-order valence-electron chi connectivity index (χ4n) is 2.01. The molecule has 0 heterocycles. The minimum atomic E-state index is -0.431. The first-order valence-electron chi connectivity index (χ1n) is 7.80. The zero-order chi connectivity index (χ0) is 18.1. The highest BCUT2D eigenvalue weighted by Gasteiger charge is 2.05. The van der Waals surface area contributed by atoms with E-state index in [1.807, 2.05) is 31.2 Å². The molecule has 7 heteroatoms. The molecule has 132 valence electrons. The van der Waals surface area contributed by atoms with Gasteiger partial charge in [-0.2, -0.15) is 0 Å². The smallest absolute Gasteiger partial charge is 0.315 e. The third kappa shape index (κ3) is 6.73. The van der Waals surface area contributed by atoms with Crippen molar-refractivity contribution in [1.29, 1.82) is 0 Å². The van der Waals surface area contributed by atoms with E-state index < -0.39 is 6.03 Å². The molecule has 0 saturated carbocycles. The maximum atomic E-state index is 11.7. The SMILES string of the molecule is Cc1ccccc1OCCNC(=O)NCC(=O)Nc1ccc(Cl)cc1. The number of amides is 3. The molecule has 25 heavy (non-hydrogen) atoms. The largest absolute Gasteiger partial charge is 0.491 e. The lowest BCUT2D eigenvalue weighted by Gasteiger charge is -2.10. The first-order chi connectivity index (χ1) is 12.0. The molecule has 3 N–H and O–H groups in total. The van der Waals surface area contributed by atoms with E-state index in [9.17, 15) is 9.59 Å². The second-order valence-corrected chi connectivity index (χ2v) is 5.71. The van der Waals surface area contributed by atoms with Crippen molar-refractivity contribution >= 4 is 29.2 Å². The van der Waals surface area contributed by atoms with E-state index in [2.05, 4.69) is 16.0 Å². The summed E-state index contributed by atoms with van der Waals surface area (Å²) in [5, 5.41) is 8.35. The Hall–Kier alpha value is -2.73. The predicted octanol–water partition coefficient (Wildman–Crippen LogP) is 2.97. The topological polar surface area (TPSA) is 79.5 Å². The molecule has 2 aromatic carbocycles. The quantitative estimate of drug-likeness (QED) is 0.663. The molecule has 0 aliphatic heterocycles. The molecule has 0 spiro atoms. The van der Waals surface area contributed by atoms with E-state index in [0.717, 1.165) is 11.3 Å². The number of halogens is 1. The number of hydrogen-bond acceptors (Lipinski definition) is 3. The summed E-state index contributed by atoms with van der Waals surface area (Å²) in [6.07, 6.45) is 0. The molecule has 0 saturated heterocycles. The van der Waals surface area contributed by atoms with Gasteiger partial charge < -0.3 is 20.7 Å². The van der Waals surface area contributed by atoms with Crippen LogP contribution in [-0.4, -0.2) is 31.6 Å². The van der Waals surface area contributed by atoms with E-state index in [-0.39, 0.29) is 12.5 Å². The van der Waals surface area contributed by atoms with Gasteiger partial charge in [-0.1, -0.05) is 29.8 Å². The van der Waals surface area contributed by atoms with Crippen molar-refractivity contribution < 1.29 is 14.3 Å². The Morgan fingerprint density at radius 3 is 2.48 bits per heavy atom. The highest BCUT2D eigenvalue weighted by Crippen LogP contribution is 2.15. The van der Waals surface area contributed by atoms with Gasteiger partial charge >= 0.3 is 6.03 Å². The number of para-hydroxylation sites is 1. The molecule has 0 unspecified atom stereocenters. The van der Waals surface area contributed by atoms with Crippen LogP contribution >= 0.6 is 11.6 Å². The van der Waals surface area contributed by atoms with Crippen LogP contribution in [0.5, 0.6) is 5.75 Å². The van der Waals surface area contributed by atoms with Crippen molar-refractivity contribution in [3.05, 3.63) is 59.1 Å². The van der Waals surface area contributed by atoms with E-state index >= 15 is 0 Å². The lowest BCUT2D eigenvalue weighted by molar-refractivity contribution is -0.115. The van der Waals surface area contributed by atoms with E-state index in [0.29, 0.717) is 23.9 Å². The van der Waals surface area contributed by atoms with Gasteiger partial charge in [-0.15, -0.1) is 0 Å². The van der Waals surface area contributed by atoms with Crippen molar-refractivity contribution in [3.8, 4) is 5.75 Å². The third-order valence-electron chi connectivity index (χ3n) is 3.28. The molecule has 0 aliphatic rings. The average molecular weight is 362 g/mol. The van der Waals surface area contributed by atoms with Crippen LogP contribution in [0.2, 0.25) is 5.02 Å². The van der Waals surface area contributed by atoms with Crippen LogP contribution in [0.3, 0.4) is 0 Å². The highest BCUT2D eigenvalue weighted by molar-refractivity contribution is 6.30. The molecule has 2 aromatic rings. The second kappa shape index (κ2) is 9.54. The fourth-order valence-corrected chi connectivity index (χ4v) is 2.13. The molecule has 0 atom stereocenters. The second-order valence-electron chi connectivity index (χ2n) is 5.28. The van der Waals surface area contributed by atoms with Crippen molar-refractivity contribution in [1.82, 2.24) is 10.6 Å². The van der Waals surface area contributed by atoms with Crippen LogP contribution in [0.4, 0.5) is 10.5 Å². The number of carbonyl (C=O) groups is 2. The first-order valence-corrected chi connectivity index (χ1v) is 8.18. The number of hydrogen-bond donors (Lipinski definition) is 3. The van der Waals surface area contributed by atoms with Crippen molar-refractivity contribution in [3.63, 3.8) is 0 Å². The number of carbonyl (C=O) groups excluding carboxylic acids is 2. The monoisotopic (exact) mass is 361 g/mol. The van der Waals surface area contributed by atoms with Gasteiger partial charge in [-0.25, -0.2) is 4.79 Å². The summed E-state index contributed by atoms with van der Waals surface area (Å²) in [6, 6.07) is 13.9. The van der Waals surface area contributed by atoms with Gasteiger partial charge in [0.15, 0.2) is 0 Å². The number of aryl methyl sites for hydroxylation is 1. The fraction of sp³-hybridized carbons (Fsp3) is 0.222. The Balaban J connectivity index is 1.61. The number of ether oxygens (including phenoxy) is 1. The summed E-state index contributed by atoms with van der Waals surface area (Å²) in [6.45, 7) is 2.50. The Morgan fingerprint density at radius 2 is 1.76 bits per heavy atom. The molecule has 6 nitrogen and oxygen atoms in total. The predicted molar refractivity (Wildman–Crippen MR) is 98.2 cm³/mol. The highest BCUT2D eigenvalue weighted by atomic mass is 35.5. The molecule has 0 bridgehead atoms. The number of benzene rings is 2. The Morgan fingerprint density at radius 1 is 1.04 bits per heavy atom. The molecule has 3 amide bonds.